The molecule has 0 aromatic rings. The average molecular weight is 197 g/mol. The van der Waals surface area contributed by atoms with Gasteiger partial charge in [0.05, 0.1) is 6.54 Å². The van der Waals surface area contributed by atoms with Gasteiger partial charge in [0.1, 0.15) is 6.04 Å². The second kappa shape index (κ2) is 3.57. The smallest absolute Gasteiger partial charge is 0.242 e. The van der Waals surface area contributed by atoms with Crippen molar-refractivity contribution in [3.8, 4) is 0 Å². The molecule has 2 saturated heterocycles. The molecule has 14 heavy (non-hydrogen) atoms. The van der Waals surface area contributed by atoms with Crippen molar-refractivity contribution in [2.75, 3.05) is 26.7 Å². The number of nitrogens with zero attached hydrogens (tertiary/aromatic N) is 1. The molecule has 78 valence electrons. The summed E-state index contributed by atoms with van der Waals surface area (Å²) in [5.41, 5.74) is 0. The van der Waals surface area contributed by atoms with Crippen molar-refractivity contribution < 1.29 is 9.59 Å². The number of fused-ring (bicyclic) bond motifs is 2. The number of amides is 2. The number of carbonyl (C=O) groups is 2. The molecule has 2 N–H and O–H groups in total. The molecule has 5 heteroatoms. The second-order valence-electron chi connectivity index (χ2n) is 3.94. The number of likely N-dealkylation sites (tertiary alicyclic amines) is 1. The van der Waals surface area contributed by atoms with Crippen molar-refractivity contribution >= 4 is 11.8 Å². The number of hydrogen-bond donors (Lipinski definition) is 2. The first-order valence-corrected chi connectivity index (χ1v) is 4.94. The van der Waals surface area contributed by atoms with Gasteiger partial charge in [-0.3, -0.25) is 9.59 Å². The normalized spacial score (nSPS) is 30.4. The molecular weight excluding hydrogens is 182 g/mol. The minimum atomic E-state index is -0.213. The van der Waals surface area contributed by atoms with Crippen LogP contribution in [0, 0.1) is 5.92 Å². The highest BCUT2D eigenvalue weighted by Crippen LogP contribution is 2.26. The van der Waals surface area contributed by atoms with E-state index in [4.69, 9.17) is 0 Å². The first-order chi connectivity index (χ1) is 6.72. The Kier molecular flexibility index (Phi) is 2.41. The van der Waals surface area contributed by atoms with Crippen LogP contribution in [-0.2, 0) is 9.59 Å². The Morgan fingerprint density at radius 3 is 3.21 bits per heavy atom. The van der Waals surface area contributed by atoms with Crippen LogP contribution in [0.1, 0.15) is 6.42 Å². The van der Waals surface area contributed by atoms with Crippen molar-refractivity contribution in [3.63, 3.8) is 0 Å². The molecule has 2 aliphatic heterocycles. The van der Waals surface area contributed by atoms with E-state index in [1.54, 1.807) is 11.9 Å². The molecule has 2 heterocycles. The fraction of sp³-hybridized carbons (Fsp3) is 0.778. The summed E-state index contributed by atoms with van der Waals surface area (Å²) in [6.45, 7) is 1.76. The monoisotopic (exact) mass is 197 g/mol. The first kappa shape index (κ1) is 9.45. The van der Waals surface area contributed by atoms with Crippen molar-refractivity contribution in [2.24, 2.45) is 5.92 Å². The van der Waals surface area contributed by atoms with Crippen LogP contribution in [-0.4, -0.2) is 49.4 Å². The van der Waals surface area contributed by atoms with E-state index in [9.17, 15) is 9.59 Å². The maximum Gasteiger partial charge on any atom is 0.242 e. The van der Waals surface area contributed by atoms with Gasteiger partial charge in [0.15, 0.2) is 0 Å². The molecule has 2 atom stereocenters. The van der Waals surface area contributed by atoms with Gasteiger partial charge in [-0.2, -0.15) is 0 Å². The Labute approximate surface area is 82.8 Å². The number of likely N-dealkylation sites (N-methyl/N-ethyl adjacent to an activating group) is 1. The van der Waals surface area contributed by atoms with E-state index in [-0.39, 0.29) is 17.9 Å². The van der Waals surface area contributed by atoms with E-state index in [1.807, 2.05) is 0 Å². The number of nitrogens with one attached hydrogen (secondary N) is 2. The fourth-order valence-corrected chi connectivity index (χ4v) is 2.21. The lowest BCUT2D eigenvalue weighted by Crippen LogP contribution is -2.48. The lowest BCUT2D eigenvalue weighted by Gasteiger charge is -2.23. The standard InChI is InChI=1S/C9H15N3O2/c1-10-4-8(13)12-5-6-2-7(12)9(14)11-3-6/h6-7,10H,2-5H2,1H3,(H,11,14). The molecule has 2 fully saturated rings. The number of carbonyl (C=O) groups excluding carboxylic acids is 2. The van der Waals surface area contributed by atoms with Gasteiger partial charge in [-0.25, -0.2) is 0 Å². The van der Waals surface area contributed by atoms with Crippen molar-refractivity contribution in [2.45, 2.75) is 12.5 Å². The zero-order valence-corrected chi connectivity index (χ0v) is 8.25. The summed E-state index contributed by atoms with van der Waals surface area (Å²) in [5, 5.41) is 5.63. The topological polar surface area (TPSA) is 61.4 Å². The molecule has 2 amide bonds. The van der Waals surface area contributed by atoms with E-state index in [0.29, 0.717) is 12.5 Å². The average Bonchev–Trinajstić information content (AvgIpc) is 2.52. The predicted octanol–water partition coefficient (Wildman–Crippen LogP) is -1.45. The van der Waals surface area contributed by atoms with Crippen LogP contribution in [0.2, 0.25) is 0 Å². The van der Waals surface area contributed by atoms with E-state index in [0.717, 1.165) is 19.5 Å². The highest BCUT2D eigenvalue weighted by atomic mass is 16.2. The molecule has 0 spiro atoms. The van der Waals surface area contributed by atoms with E-state index < -0.39 is 0 Å². The van der Waals surface area contributed by atoms with E-state index >= 15 is 0 Å². The zero-order valence-electron chi connectivity index (χ0n) is 8.25. The van der Waals surface area contributed by atoms with E-state index in [2.05, 4.69) is 10.6 Å². The van der Waals surface area contributed by atoms with Gasteiger partial charge in [-0.05, 0) is 19.4 Å². The largest absolute Gasteiger partial charge is 0.354 e. The van der Waals surface area contributed by atoms with Gasteiger partial charge in [0.25, 0.3) is 0 Å². The minimum absolute atomic E-state index is 0.00297. The number of piperidine rings is 1. The van der Waals surface area contributed by atoms with Gasteiger partial charge in [0, 0.05) is 13.1 Å². The quantitative estimate of drug-likeness (QED) is 0.569. The summed E-state index contributed by atoms with van der Waals surface area (Å²) >= 11 is 0. The van der Waals surface area contributed by atoms with Crippen LogP contribution in [0.4, 0.5) is 0 Å². The summed E-state index contributed by atoms with van der Waals surface area (Å²) < 4.78 is 0. The Hall–Kier alpha value is -1.10. The van der Waals surface area contributed by atoms with Crippen LogP contribution >= 0.6 is 0 Å². The SMILES string of the molecule is CNCC(=O)N1CC2CNC(=O)C1C2. The van der Waals surface area contributed by atoms with Gasteiger partial charge < -0.3 is 15.5 Å². The third-order valence-corrected chi connectivity index (χ3v) is 2.90. The van der Waals surface area contributed by atoms with Gasteiger partial charge in [-0.15, -0.1) is 0 Å². The molecule has 2 rings (SSSR count). The van der Waals surface area contributed by atoms with Crippen LogP contribution in [0.3, 0.4) is 0 Å². The highest BCUT2D eigenvalue weighted by molar-refractivity contribution is 5.89. The summed E-state index contributed by atoms with van der Waals surface area (Å²) in [7, 11) is 1.74. The zero-order chi connectivity index (χ0) is 10.1. The Bertz CT molecular complexity index is 267. The second-order valence-corrected chi connectivity index (χ2v) is 3.94. The predicted molar refractivity (Wildman–Crippen MR) is 50.5 cm³/mol. The van der Waals surface area contributed by atoms with Gasteiger partial charge >= 0.3 is 0 Å². The van der Waals surface area contributed by atoms with Gasteiger partial charge in [-0.1, -0.05) is 0 Å². The number of rotatable bonds is 2. The summed E-state index contributed by atoms with van der Waals surface area (Å²) in [6.07, 6.45) is 0.835. The van der Waals surface area contributed by atoms with Crippen LogP contribution in [0.25, 0.3) is 0 Å². The lowest BCUT2D eigenvalue weighted by molar-refractivity contribution is -0.137. The Balaban J connectivity index is 2.06. The van der Waals surface area contributed by atoms with Crippen LogP contribution in [0.5, 0.6) is 0 Å². The van der Waals surface area contributed by atoms with Gasteiger partial charge in [0.2, 0.25) is 11.8 Å². The molecule has 0 saturated carbocycles. The minimum Gasteiger partial charge on any atom is -0.354 e. The third-order valence-electron chi connectivity index (χ3n) is 2.90. The van der Waals surface area contributed by atoms with Crippen molar-refractivity contribution in [1.29, 1.82) is 0 Å². The molecule has 5 nitrogen and oxygen atoms in total. The van der Waals surface area contributed by atoms with Crippen LogP contribution in [0.15, 0.2) is 0 Å². The summed E-state index contributed by atoms with van der Waals surface area (Å²) in [6, 6.07) is -0.213. The van der Waals surface area contributed by atoms with Crippen LogP contribution < -0.4 is 10.6 Å². The maximum atomic E-state index is 11.6. The highest BCUT2D eigenvalue weighted by Gasteiger charge is 2.42. The molecule has 2 unspecified atom stereocenters. The molecule has 0 radical (unpaired) electrons. The summed E-state index contributed by atoms with van der Waals surface area (Å²) in [5.74, 6) is 0.485. The Morgan fingerprint density at radius 1 is 1.71 bits per heavy atom. The third kappa shape index (κ3) is 1.48. The molecule has 0 aromatic carbocycles. The summed E-state index contributed by atoms with van der Waals surface area (Å²) in [4.78, 5) is 24.8. The van der Waals surface area contributed by atoms with Crippen molar-refractivity contribution in [1.82, 2.24) is 15.5 Å². The van der Waals surface area contributed by atoms with Crippen molar-refractivity contribution in [3.05, 3.63) is 0 Å². The number of hydrogen-bond acceptors (Lipinski definition) is 3. The lowest BCUT2D eigenvalue weighted by atomic mass is 10.0. The molecule has 2 bridgehead atoms. The van der Waals surface area contributed by atoms with E-state index in [1.165, 1.54) is 0 Å². The fourth-order valence-electron chi connectivity index (χ4n) is 2.21. The molecule has 0 aromatic heterocycles. The molecule has 2 aliphatic rings. The maximum absolute atomic E-state index is 11.6. The Morgan fingerprint density at radius 2 is 2.50 bits per heavy atom. The molecule has 0 aliphatic carbocycles. The molecular formula is C9H15N3O2. The first-order valence-electron chi connectivity index (χ1n) is 4.94.